The van der Waals surface area contributed by atoms with Gasteiger partial charge in [0.1, 0.15) is 5.60 Å². The summed E-state index contributed by atoms with van der Waals surface area (Å²) in [5.74, 6) is 0.0977. The van der Waals surface area contributed by atoms with Crippen molar-refractivity contribution in [2.45, 2.75) is 77.4 Å². The van der Waals surface area contributed by atoms with Crippen molar-refractivity contribution in [1.29, 1.82) is 0 Å². The molecule has 2 heterocycles. The number of amides is 1. The molecule has 1 fully saturated rings. The minimum atomic E-state index is -1.16. The minimum absolute atomic E-state index is 0.0137. The number of Topliss-reactive ketones (excluding diaryl/α,β-unsaturated/α-hetero) is 1. The number of para-hydroxylation sites is 2. The fraction of sp³-hybridized carbons (Fsp3) is 0.378. The SMILES string of the molecule is CC1(C)CC(=O)C2=C(C1)Nc1ccccc1N(CC(=O)N1CCC(C(O)(c3ccccc3)c3ccccc3)CC1)C2c1ccc(C(C)(C)C)cc1. The van der Waals surface area contributed by atoms with Gasteiger partial charge in [-0.15, -0.1) is 0 Å². The van der Waals surface area contributed by atoms with Crippen molar-refractivity contribution in [2.75, 3.05) is 29.9 Å². The molecule has 0 saturated carbocycles. The molecule has 1 amide bonds. The van der Waals surface area contributed by atoms with Gasteiger partial charge in [0.15, 0.2) is 5.78 Å². The zero-order chi connectivity index (χ0) is 36.0. The number of rotatable bonds is 6. The first-order chi connectivity index (χ1) is 24.3. The fourth-order valence-electron chi connectivity index (χ4n) is 8.55. The number of nitrogens with one attached hydrogen (secondary N) is 1. The molecule has 6 heteroatoms. The van der Waals surface area contributed by atoms with Gasteiger partial charge in [-0.05, 0) is 70.4 Å². The number of benzene rings is 4. The van der Waals surface area contributed by atoms with Crippen molar-refractivity contribution >= 4 is 23.1 Å². The molecule has 2 N–H and O–H groups in total. The Balaban J connectivity index is 1.21. The van der Waals surface area contributed by atoms with Gasteiger partial charge in [0.25, 0.3) is 0 Å². The molecule has 1 aliphatic carbocycles. The molecule has 2 aliphatic heterocycles. The van der Waals surface area contributed by atoms with Crippen LogP contribution in [0.25, 0.3) is 0 Å². The Morgan fingerprint density at radius 2 is 1.35 bits per heavy atom. The van der Waals surface area contributed by atoms with Gasteiger partial charge in [-0.1, -0.05) is 132 Å². The molecule has 0 spiro atoms. The van der Waals surface area contributed by atoms with Crippen molar-refractivity contribution in [3.63, 3.8) is 0 Å². The van der Waals surface area contributed by atoms with Crippen molar-refractivity contribution < 1.29 is 14.7 Å². The van der Waals surface area contributed by atoms with Crippen molar-refractivity contribution in [2.24, 2.45) is 11.3 Å². The van der Waals surface area contributed by atoms with E-state index in [0.717, 1.165) is 45.8 Å². The second-order valence-corrected chi connectivity index (χ2v) is 16.5. The Morgan fingerprint density at radius 3 is 1.94 bits per heavy atom. The normalized spacial score (nSPS) is 19.6. The largest absolute Gasteiger partial charge is 0.380 e. The molecular weight excluding hydrogens is 631 g/mol. The number of anilines is 2. The van der Waals surface area contributed by atoms with E-state index < -0.39 is 11.6 Å². The Hall–Kier alpha value is -4.68. The van der Waals surface area contributed by atoms with E-state index in [1.807, 2.05) is 83.8 Å². The first-order valence-electron chi connectivity index (χ1n) is 18.5. The number of hydrogen-bond donors (Lipinski definition) is 2. The lowest BCUT2D eigenvalue weighted by Crippen LogP contribution is -2.49. The van der Waals surface area contributed by atoms with Gasteiger partial charge in [0, 0.05) is 30.8 Å². The number of piperidine rings is 1. The Kier molecular flexibility index (Phi) is 9.17. The summed E-state index contributed by atoms with van der Waals surface area (Å²) in [4.78, 5) is 32.8. The molecular formula is C45H51N3O3. The van der Waals surface area contributed by atoms with Gasteiger partial charge in [-0.2, -0.15) is 0 Å². The maximum absolute atomic E-state index is 14.5. The molecule has 4 aromatic carbocycles. The summed E-state index contributed by atoms with van der Waals surface area (Å²) in [6.45, 7) is 12.1. The van der Waals surface area contributed by atoms with E-state index in [2.05, 4.69) is 75.2 Å². The molecule has 3 aliphatic rings. The summed E-state index contributed by atoms with van der Waals surface area (Å²) in [6.07, 6.45) is 2.55. The second-order valence-electron chi connectivity index (χ2n) is 16.5. The maximum atomic E-state index is 14.5. The monoisotopic (exact) mass is 681 g/mol. The number of likely N-dealkylation sites (tertiary alicyclic amines) is 1. The minimum Gasteiger partial charge on any atom is -0.380 e. The predicted molar refractivity (Wildman–Crippen MR) is 206 cm³/mol. The van der Waals surface area contributed by atoms with Crippen molar-refractivity contribution in [3.8, 4) is 0 Å². The maximum Gasteiger partial charge on any atom is 0.242 e. The Morgan fingerprint density at radius 1 is 0.784 bits per heavy atom. The van der Waals surface area contributed by atoms with Crippen LogP contribution in [0.3, 0.4) is 0 Å². The van der Waals surface area contributed by atoms with Crippen LogP contribution in [0, 0.1) is 11.3 Å². The van der Waals surface area contributed by atoms with Crippen LogP contribution in [0.5, 0.6) is 0 Å². The Labute approximate surface area is 303 Å². The summed E-state index contributed by atoms with van der Waals surface area (Å²) in [6, 6.07) is 36.2. The molecule has 1 saturated heterocycles. The summed E-state index contributed by atoms with van der Waals surface area (Å²) in [5.41, 5.74) is 6.16. The van der Waals surface area contributed by atoms with Crippen molar-refractivity contribution in [3.05, 3.63) is 143 Å². The van der Waals surface area contributed by atoms with Crippen LogP contribution in [0.2, 0.25) is 0 Å². The average molecular weight is 682 g/mol. The van der Waals surface area contributed by atoms with Crippen LogP contribution in [-0.4, -0.2) is 41.3 Å². The highest BCUT2D eigenvalue weighted by Crippen LogP contribution is 2.49. The Bertz CT molecular complexity index is 1880. The van der Waals surface area contributed by atoms with Gasteiger partial charge in [-0.3, -0.25) is 9.59 Å². The third-order valence-corrected chi connectivity index (χ3v) is 11.3. The van der Waals surface area contributed by atoms with E-state index in [4.69, 9.17) is 0 Å². The lowest BCUT2D eigenvalue weighted by molar-refractivity contribution is -0.132. The molecule has 1 atom stereocenters. The van der Waals surface area contributed by atoms with E-state index in [9.17, 15) is 14.7 Å². The lowest BCUT2D eigenvalue weighted by atomic mass is 9.72. The van der Waals surface area contributed by atoms with Gasteiger partial charge >= 0.3 is 0 Å². The molecule has 0 aromatic heterocycles. The van der Waals surface area contributed by atoms with E-state index in [1.54, 1.807) is 0 Å². The van der Waals surface area contributed by atoms with Gasteiger partial charge in [0.05, 0.1) is 24.0 Å². The van der Waals surface area contributed by atoms with Crippen LogP contribution in [0.4, 0.5) is 11.4 Å². The summed E-state index contributed by atoms with van der Waals surface area (Å²) in [7, 11) is 0. The quantitative estimate of drug-likeness (QED) is 0.213. The standard InChI is InChI=1S/C45H51N3O3/c1-43(2,3)32-22-20-31(21-23-32)42-41-37(28-44(4,5)29-39(41)49)46-36-18-12-13-19-38(36)48(42)30-40(50)47-26-24-35(25-27-47)45(51,33-14-8-6-9-15-33)34-16-10-7-11-17-34/h6-23,35,42,46,51H,24-30H2,1-5H3. The fourth-order valence-corrected chi connectivity index (χ4v) is 8.55. The number of allylic oxidation sites excluding steroid dienone is 1. The molecule has 4 aromatic rings. The zero-order valence-corrected chi connectivity index (χ0v) is 30.7. The second kappa shape index (κ2) is 13.5. The zero-order valence-electron chi connectivity index (χ0n) is 30.7. The van der Waals surface area contributed by atoms with E-state index in [0.29, 0.717) is 32.4 Å². The summed E-state index contributed by atoms with van der Waals surface area (Å²) >= 11 is 0. The molecule has 7 rings (SSSR count). The number of carbonyl (C=O) groups is 2. The van der Waals surface area contributed by atoms with E-state index in [-0.39, 0.29) is 35.0 Å². The first-order valence-corrected chi connectivity index (χ1v) is 18.5. The van der Waals surface area contributed by atoms with Gasteiger partial charge in [-0.25, -0.2) is 0 Å². The van der Waals surface area contributed by atoms with Gasteiger partial charge in [0.2, 0.25) is 5.91 Å². The smallest absolute Gasteiger partial charge is 0.242 e. The highest BCUT2D eigenvalue weighted by Gasteiger charge is 2.44. The van der Waals surface area contributed by atoms with E-state index in [1.165, 1.54) is 5.56 Å². The topological polar surface area (TPSA) is 72.9 Å². The average Bonchev–Trinajstić information content (AvgIpc) is 3.25. The predicted octanol–water partition coefficient (Wildman–Crippen LogP) is 8.78. The van der Waals surface area contributed by atoms with Crippen LogP contribution < -0.4 is 10.2 Å². The number of nitrogens with zero attached hydrogens (tertiary/aromatic N) is 2. The highest BCUT2D eigenvalue weighted by atomic mass is 16.3. The van der Waals surface area contributed by atoms with Crippen LogP contribution in [-0.2, 0) is 20.6 Å². The molecule has 1 unspecified atom stereocenters. The molecule has 51 heavy (non-hydrogen) atoms. The van der Waals surface area contributed by atoms with Crippen molar-refractivity contribution in [1.82, 2.24) is 4.90 Å². The molecule has 264 valence electrons. The number of fused-ring (bicyclic) bond motifs is 1. The third-order valence-electron chi connectivity index (χ3n) is 11.3. The van der Waals surface area contributed by atoms with Gasteiger partial charge < -0.3 is 20.2 Å². The van der Waals surface area contributed by atoms with Crippen LogP contribution >= 0.6 is 0 Å². The van der Waals surface area contributed by atoms with E-state index >= 15 is 0 Å². The summed E-state index contributed by atoms with van der Waals surface area (Å²) in [5, 5.41) is 16.1. The first kappa shape index (κ1) is 34.8. The number of hydrogen-bond acceptors (Lipinski definition) is 5. The number of aliphatic hydroxyl groups is 1. The highest BCUT2D eigenvalue weighted by molar-refractivity contribution is 6.02. The number of ketones is 1. The molecule has 0 bridgehead atoms. The summed E-state index contributed by atoms with van der Waals surface area (Å²) < 4.78 is 0. The third kappa shape index (κ3) is 6.74. The number of carbonyl (C=O) groups excluding carboxylic acids is 2. The van der Waals surface area contributed by atoms with Crippen LogP contribution in [0.15, 0.2) is 120 Å². The van der Waals surface area contributed by atoms with Crippen LogP contribution in [0.1, 0.15) is 88.6 Å². The molecule has 6 nitrogen and oxygen atoms in total. The lowest BCUT2D eigenvalue weighted by Gasteiger charge is -2.43. The molecule has 0 radical (unpaired) electrons.